The van der Waals surface area contributed by atoms with Gasteiger partial charge in [-0.25, -0.2) is 9.67 Å². The van der Waals surface area contributed by atoms with Gasteiger partial charge in [-0.05, 0) is 32.2 Å². The van der Waals surface area contributed by atoms with Crippen LogP contribution in [0.25, 0.3) is 0 Å². The van der Waals surface area contributed by atoms with Gasteiger partial charge in [-0.15, -0.1) is 0 Å². The van der Waals surface area contributed by atoms with Crippen LogP contribution < -0.4 is 5.32 Å². The fourth-order valence-corrected chi connectivity index (χ4v) is 2.76. The molecular formula is C10H18N4S. The highest BCUT2D eigenvalue weighted by atomic mass is 32.2. The highest BCUT2D eigenvalue weighted by Crippen LogP contribution is 2.17. The molecule has 1 aliphatic rings. The lowest BCUT2D eigenvalue weighted by atomic mass is 10.1. The maximum absolute atomic E-state index is 4.18. The van der Waals surface area contributed by atoms with Crippen LogP contribution in [0.5, 0.6) is 0 Å². The number of thioether (sulfide) groups is 1. The number of rotatable bonds is 5. The summed E-state index contributed by atoms with van der Waals surface area (Å²) in [6, 6.07) is 0.769. The molecule has 1 aliphatic heterocycles. The maximum Gasteiger partial charge on any atom is 0.185 e. The molecule has 0 amide bonds. The maximum atomic E-state index is 4.18. The Labute approximate surface area is 94.8 Å². The summed E-state index contributed by atoms with van der Waals surface area (Å²) in [4.78, 5) is 4.18. The molecule has 5 heteroatoms. The highest BCUT2D eigenvalue weighted by Gasteiger charge is 2.13. The van der Waals surface area contributed by atoms with Crippen molar-refractivity contribution >= 4 is 11.8 Å². The lowest BCUT2D eigenvalue weighted by molar-refractivity contribution is 0.553. The molecule has 1 saturated heterocycles. The molecule has 0 bridgehead atoms. The van der Waals surface area contributed by atoms with Crippen molar-refractivity contribution in [1.82, 2.24) is 20.1 Å². The van der Waals surface area contributed by atoms with Gasteiger partial charge in [0.25, 0.3) is 0 Å². The van der Waals surface area contributed by atoms with Crippen LogP contribution in [0.15, 0.2) is 11.5 Å². The molecule has 15 heavy (non-hydrogen) atoms. The van der Waals surface area contributed by atoms with Gasteiger partial charge >= 0.3 is 0 Å². The van der Waals surface area contributed by atoms with Crippen LogP contribution in [0, 0.1) is 0 Å². The van der Waals surface area contributed by atoms with E-state index in [1.165, 1.54) is 32.2 Å². The molecule has 0 saturated carbocycles. The quantitative estimate of drug-likeness (QED) is 0.609. The molecule has 0 spiro atoms. The SMILES string of the molecule is Cn1ncnc1SCCCC1CCCN1. The number of nitrogens with one attached hydrogen (secondary N) is 1. The fraction of sp³-hybridized carbons (Fsp3) is 0.800. The summed E-state index contributed by atoms with van der Waals surface area (Å²) in [5.41, 5.74) is 0. The fourth-order valence-electron chi connectivity index (χ4n) is 1.91. The Morgan fingerprint density at radius 1 is 1.67 bits per heavy atom. The predicted octanol–water partition coefficient (Wildman–Crippen LogP) is 1.44. The molecule has 0 aliphatic carbocycles. The van der Waals surface area contributed by atoms with Gasteiger partial charge < -0.3 is 5.32 Å². The van der Waals surface area contributed by atoms with Crippen LogP contribution in [-0.2, 0) is 7.05 Å². The Morgan fingerprint density at radius 2 is 2.60 bits per heavy atom. The third-order valence-electron chi connectivity index (χ3n) is 2.76. The van der Waals surface area contributed by atoms with Crippen molar-refractivity contribution in [2.75, 3.05) is 12.3 Å². The summed E-state index contributed by atoms with van der Waals surface area (Å²) in [5, 5.41) is 8.59. The van der Waals surface area contributed by atoms with Crippen molar-refractivity contribution in [1.29, 1.82) is 0 Å². The summed E-state index contributed by atoms with van der Waals surface area (Å²) in [7, 11) is 1.94. The summed E-state index contributed by atoms with van der Waals surface area (Å²) in [6.45, 7) is 1.21. The lowest BCUT2D eigenvalue weighted by Crippen LogP contribution is -2.21. The van der Waals surface area contributed by atoms with Crippen LogP contribution in [-0.4, -0.2) is 33.1 Å². The van der Waals surface area contributed by atoms with Crippen LogP contribution in [0.2, 0.25) is 0 Å². The Kier molecular flexibility index (Phi) is 4.02. The monoisotopic (exact) mass is 226 g/mol. The minimum atomic E-state index is 0.769. The number of hydrogen-bond donors (Lipinski definition) is 1. The molecule has 84 valence electrons. The average Bonchev–Trinajstić information content (AvgIpc) is 2.85. The smallest absolute Gasteiger partial charge is 0.185 e. The number of hydrogen-bond acceptors (Lipinski definition) is 4. The average molecular weight is 226 g/mol. The van der Waals surface area contributed by atoms with Gasteiger partial charge in [0.1, 0.15) is 6.33 Å². The topological polar surface area (TPSA) is 42.7 Å². The first kappa shape index (κ1) is 11.0. The Morgan fingerprint density at radius 3 is 3.27 bits per heavy atom. The zero-order valence-corrected chi connectivity index (χ0v) is 9.96. The zero-order chi connectivity index (χ0) is 10.5. The van der Waals surface area contributed by atoms with Gasteiger partial charge in [0.2, 0.25) is 0 Å². The first-order valence-electron chi connectivity index (χ1n) is 5.56. The Bertz CT molecular complexity index is 293. The standard InChI is InChI=1S/C10H18N4S/c1-14-10(12-8-13-14)15-7-3-5-9-4-2-6-11-9/h8-9,11H,2-7H2,1H3. The summed E-state index contributed by atoms with van der Waals surface area (Å²) in [6.07, 6.45) is 6.87. The second-order valence-electron chi connectivity index (χ2n) is 3.95. The number of aryl methyl sites for hydroxylation is 1. The second-order valence-corrected chi connectivity index (χ2v) is 5.01. The van der Waals surface area contributed by atoms with Crippen LogP contribution in [0.1, 0.15) is 25.7 Å². The molecule has 1 unspecified atom stereocenters. The molecular weight excluding hydrogens is 208 g/mol. The third kappa shape index (κ3) is 3.21. The minimum absolute atomic E-state index is 0.769. The third-order valence-corrected chi connectivity index (χ3v) is 3.88. The van der Waals surface area contributed by atoms with Crippen LogP contribution in [0.4, 0.5) is 0 Å². The van der Waals surface area contributed by atoms with E-state index in [4.69, 9.17) is 0 Å². The molecule has 1 fully saturated rings. The molecule has 1 aromatic heterocycles. The molecule has 1 N–H and O–H groups in total. The van der Waals surface area contributed by atoms with E-state index in [0.29, 0.717) is 0 Å². The van der Waals surface area contributed by atoms with Crippen molar-refractivity contribution in [3.8, 4) is 0 Å². The van der Waals surface area contributed by atoms with Crippen molar-refractivity contribution in [2.24, 2.45) is 7.05 Å². The molecule has 1 aromatic rings. The normalized spacial score (nSPS) is 21.0. The van der Waals surface area contributed by atoms with Crippen molar-refractivity contribution in [3.63, 3.8) is 0 Å². The first-order valence-corrected chi connectivity index (χ1v) is 6.55. The number of aromatic nitrogens is 3. The van der Waals surface area contributed by atoms with Gasteiger partial charge in [-0.1, -0.05) is 11.8 Å². The molecule has 2 rings (SSSR count). The van der Waals surface area contributed by atoms with E-state index in [1.54, 1.807) is 18.1 Å². The zero-order valence-electron chi connectivity index (χ0n) is 9.15. The van der Waals surface area contributed by atoms with E-state index in [0.717, 1.165) is 17.0 Å². The molecule has 4 nitrogen and oxygen atoms in total. The summed E-state index contributed by atoms with van der Waals surface area (Å²) < 4.78 is 1.83. The van der Waals surface area contributed by atoms with Crippen LogP contribution >= 0.6 is 11.8 Å². The molecule has 0 radical (unpaired) electrons. The van der Waals surface area contributed by atoms with E-state index in [9.17, 15) is 0 Å². The van der Waals surface area contributed by atoms with Gasteiger partial charge in [-0.2, -0.15) is 5.10 Å². The molecule has 0 aromatic carbocycles. The van der Waals surface area contributed by atoms with Crippen molar-refractivity contribution in [3.05, 3.63) is 6.33 Å². The van der Waals surface area contributed by atoms with E-state index < -0.39 is 0 Å². The highest BCUT2D eigenvalue weighted by molar-refractivity contribution is 7.99. The summed E-state index contributed by atoms with van der Waals surface area (Å²) >= 11 is 1.80. The van der Waals surface area contributed by atoms with E-state index in [1.807, 2.05) is 11.7 Å². The Hall–Kier alpha value is -0.550. The van der Waals surface area contributed by atoms with Gasteiger partial charge in [-0.3, -0.25) is 0 Å². The van der Waals surface area contributed by atoms with Gasteiger partial charge in [0, 0.05) is 18.8 Å². The summed E-state index contributed by atoms with van der Waals surface area (Å²) in [5.74, 6) is 1.14. The minimum Gasteiger partial charge on any atom is -0.314 e. The first-order chi connectivity index (χ1) is 7.36. The lowest BCUT2D eigenvalue weighted by Gasteiger charge is -2.08. The number of nitrogens with zero attached hydrogens (tertiary/aromatic N) is 3. The van der Waals surface area contributed by atoms with Gasteiger partial charge in [0.15, 0.2) is 5.16 Å². The largest absolute Gasteiger partial charge is 0.314 e. The van der Waals surface area contributed by atoms with E-state index in [-0.39, 0.29) is 0 Å². The molecule has 2 heterocycles. The van der Waals surface area contributed by atoms with Crippen LogP contribution in [0.3, 0.4) is 0 Å². The van der Waals surface area contributed by atoms with Crippen molar-refractivity contribution in [2.45, 2.75) is 36.9 Å². The van der Waals surface area contributed by atoms with Gasteiger partial charge in [0.05, 0.1) is 0 Å². The Balaban J connectivity index is 1.60. The predicted molar refractivity (Wildman–Crippen MR) is 62.0 cm³/mol. The van der Waals surface area contributed by atoms with Crippen molar-refractivity contribution < 1.29 is 0 Å². The van der Waals surface area contributed by atoms with E-state index >= 15 is 0 Å². The molecule has 1 atom stereocenters. The second kappa shape index (κ2) is 5.51. The van der Waals surface area contributed by atoms with E-state index in [2.05, 4.69) is 15.4 Å².